The van der Waals surface area contributed by atoms with Crippen molar-refractivity contribution >= 4 is 28.4 Å². The number of H-pyrrole nitrogens is 1. The molecule has 3 aromatic rings. The average molecular weight is 300 g/mol. The van der Waals surface area contributed by atoms with Crippen LogP contribution in [-0.4, -0.2) is 31.5 Å². The summed E-state index contributed by atoms with van der Waals surface area (Å²) < 4.78 is 38.2. The Morgan fingerprint density at radius 2 is 2.00 bits per heavy atom. The predicted molar refractivity (Wildman–Crippen MR) is 67.9 cm³/mol. The number of hydrogen-bond acceptors (Lipinski definition) is 4. The molecule has 0 unspecified atom stereocenters. The van der Waals surface area contributed by atoms with Crippen molar-refractivity contribution in [1.82, 2.24) is 19.6 Å². The number of halogens is 3. The number of nitrogens with zero attached hydrogens (tertiary/aromatic N) is 3. The minimum absolute atomic E-state index is 0.0200. The van der Waals surface area contributed by atoms with Gasteiger partial charge in [0.25, 0.3) is 5.56 Å². The summed E-state index contributed by atoms with van der Waals surface area (Å²) in [6.45, 7) is 0. The molecule has 0 aliphatic rings. The summed E-state index contributed by atoms with van der Waals surface area (Å²) in [4.78, 5) is 14.4. The van der Waals surface area contributed by atoms with Gasteiger partial charge in [0.2, 0.25) is 5.65 Å². The number of rotatable bonds is 2. The van der Waals surface area contributed by atoms with Crippen LogP contribution in [-0.2, 0) is 0 Å². The number of aromatic nitrogens is 4. The maximum Gasteiger partial charge on any atom is 0.398 e. The van der Waals surface area contributed by atoms with E-state index in [1.54, 1.807) is 24.3 Å². The molecule has 0 amide bonds. The molecule has 3 rings (SSSR count). The molecule has 0 radical (unpaired) electrons. The topological polar surface area (TPSA) is 63.0 Å². The fourth-order valence-corrected chi connectivity index (χ4v) is 2.53. The number of fused-ring (bicyclic) bond motifs is 3. The van der Waals surface area contributed by atoms with Gasteiger partial charge in [0.05, 0.1) is 16.8 Å². The second-order valence-corrected chi connectivity index (χ2v) is 4.96. The summed E-state index contributed by atoms with van der Waals surface area (Å²) in [5.74, 6) is -1.09. The minimum atomic E-state index is -4.31. The molecule has 0 saturated carbocycles. The number of nitrogens with one attached hydrogen (secondary N) is 1. The van der Waals surface area contributed by atoms with E-state index < -0.39 is 17.5 Å². The SMILES string of the molecule is O=c1[nH]c2ccccc2n2c(SCC(F)(F)F)nnc12. The molecular formula is C11H7F3N4OS. The first-order chi connectivity index (χ1) is 9.46. The predicted octanol–water partition coefficient (Wildman–Crippen LogP) is 2.23. The molecule has 5 nitrogen and oxygen atoms in total. The van der Waals surface area contributed by atoms with Gasteiger partial charge in [0.15, 0.2) is 5.16 Å². The number of aromatic amines is 1. The van der Waals surface area contributed by atoms with Crippen LogP contribution in [0.3, 0.4) is 0 Å². The van der Waals surface area contributed by atoms with E-state index in [0.29, 0.717) is 22.8 Å². The van der Waals surface area contributed by atoms with Gasteiger partial charge in [0, 0.05) is 0 Å². The summed E-state index contributed by atoms with van der Waals surface area (Å²) in [5.41, 5.74) is 0.555. The lowest BCUT2D eigenvalue weighted by atomic mass is 10.3. The first-order valence-electron chi connectivity index (χ1n) is 5.51. The minimum Gasteiger partial charge on any atom is -0.317 e. The molecule has 0 bridgehead atoms. The molecule has 2 heterocycles. The Morgan fingerprint density at radius 3 is 2.75 bits per heavy atom. The smallest absolute Gasteiger partial charge is 0.317 e. The van der Waals surface area contributed by atoms with Crippen LogP contribution in [0.4, 0.5) is 13.2 Å². The third kappa shape index (κ3) is 2.24. The second-order valence-electron chi connectivity index (χ2n) is 4.02. The first-order valence-corrected chi connectivity index (χ1v) is 6.50. The zero-order valence-electron chi connectivity index (χ0n) is 9.81. The molecular weight excluding hydrogens is 293 g/mol. The van der Waals surface area contributed by atoms with Crippen LogP contribution < -0.4 is 5.56 Å². The Balaban J connectivity index is 2.21. The normalized spacial score (nSPS) is 12.3. The van der Waals surface area contributed by atoms with Crippen molar-refractivity contribution in [3.8, 4) is 0 Å². The molecule has 1 N–H and O–H groups in total. The van der Waals surface area contributed by atoms with E-state index in [0.717, 1.165) is 0 Å². The van der Waals surface area contributed by atoms with Crippen LogP contribution in [0, 0.1) is 0 Å². The molecule has 0 aliphatic heterocycles. The van der Waals surface area contributed by atoms with Gasteiger partial charge in [-0.3, -0.25) is 9.20 Å². The van der Waals surface area contributed by atoms with Gasteiger partial charge in [-0.25, -0.2) is 0 Å². The third-order valence-electron chi connectivity index (χ3n) is 2.59. The first kappa shape index (κ1) is 13.0. The lowest BCUT2D eigenvalue weighted by Crippen LogP contribution is -2.13. The molecule has 0 spiro atoms. The molecule has 0 atom stereocenters. The van der Waals surface area contributed by atoms with E-state index in [-0.39, 0.29) is 10.8 Å². The molecule has 104 valence electrons. The van der Waals surface area contributed by atoms with E-state index in [1.807, 2.05) is 0 Å². The van der Waals surface area contributed by atoms with Crippen LogP contribution >= 0.6 is 11.8 Å². The Labute approximate surface area is 113 Å². The number of benzene rings is 1. The summed E-state index contributed by atoms with van der Waals surface area (Å²) in [7, 11) is 0. The van der Waals surface area contributed by atoms with Gasteiger partial charge in [-0.1, -0.05) is 23.9 Å². The van der Waals surface area contributed by atoms with Gasteiger partial charge in [-0.2, -0.15) is 13.2 Å². The number of alkyl halides is 3. The summed E-state index contributed by atoms with van der Waals surface area (Å²) >= 11 is 0.499. The highest BCUT2D eigenvalue weighted by Crippen LogP contribution is 2.27. The van der Waals surface area contributed by atoms with Crippen molar-refractivity contribution < 1.29 is 13.2 Å². The lowest BCUT2D eigenvalue weighted by Gasteiger charge is -2.06. The fourth-order valence-electron chi connectivity index (χ4n) is 1.83. The van der Waals surface area contributed by atoms with Crippen LogP contribution in [0.15, 0.2) is 34.2 Å². The molecule has 1 aromatic carbocycles. The van der Waals surface area contributed by atoms with Gasteiger partial charge in [-0.05, 0) is 12.1 Å². The van der Waals surface area contributed by atoms with Crippen LogP contribution in [0.1, 0.15) is 0 Å². The van der Waals surface area contributed by atoms with Crippen molar-refractivity contribution in [2.45, 2.75) is 11.3 Å². The van der Waals surface area contributed by atoms with Crippen molar-refractivity contribution in [2.24, 2.45) is 0 Å². The van der Waals surface area contributed by atoms with Crippen molar-refractivity contribution in [1.29, 1.82) is 0 Å². The number of para-hydroxylation sites is 2. The Kier molecular flexibility index (Phi) is 2.93. The van der Waals surface area contributed by atoms with E-state index in [4.69, 9.17) is 0 Å². The van der Waals surface area contributed by atoms with E-state index in [9.17, 15) is 18.0 Å². The molecule has 2 aromatic heterocycles. The van der Waals surface area contributed by atoms with Gasteiger partial charge < -0.3 is 4.98 Å². The van der Waals surface area contributed by atoms with Gasteiger partial charge in [0.1, 0.15) is 0 Å². The highest BCUT2D eigenvalue weighted by molar-refractivity contribution is 7.99. The summed E-state index contributed by atoms with van der Waals surface area (Å²) in [5, 5.41) is 7.36. The Morgan fingerprint density at radius 1 is 1.25 bits per heavy atom. The average Bonchev–Trinajstić information content (AvgIpc) is 2.80. The second kappa shape index (κ2) is 4.51. The zero-order valence-corrected chi connectivity index (χ0v) is 10.6. The largest absolute Gasteiger partial charge is 0.398 e. The van der Waals surface area contributed by atoms with Crippen LogP contribution in [0.25, 0.3) is 16.7 Å². The zero-order chi connectivity index (χ0) is 14.3. The summed E-state index contributed by atoms with van der Waals surface area (Å²) in [6.07, 6.45) is -4.31. The van der Waals surface area contributed by atoms with Gasteiger partial charge in [-0.15, -0.1) is 10.2 Å². The molecule has 9 heteroatoms. The lowest BCUT2D eigenvalue weighted by molar-refractivity contribution is -0.105. The van der Waals surface area contributed by atoms with E-state index >= 15 is 0 Å². The molecule has 0 saturated heterocycles. The van der Waals surface area contributed by atoms with E-state index in [1.165, 1.54) is 4.40 Å². The van der Waals surface area contributed by atoms with Crippen molar-refractivity contribution in [3.63, 3.8) is 0 Å². The molecule has 0 aliphatic carbocycles. The third-order valence-corrected chi connectivity index (χ3v) is 3.59. The van der Waals surface area contributed by atoms with Crippen LogP contribution in [0.5, 0.6) is 0 Å². The number of hydrogen-bond donors (Lipinski definition) is 1. The highest BCUT2D eigenvalue weighted by atomic mass is 32.2. The van der Waals surface area contributed by atoms with E-state index in [2.05, 4.69) is 15.2 Å². The monoisotopic (exact) mass is 300 g/mol. The summed E-state index contributed by atoms with van der Waals surface area (Å²) in [6, 6.07) is 6.78. The standard InChI is InChI=1S/C11H7F3N4OS/c12-11(13,14)5-20-10-17-16-8-9(19)15-6-3-1-2-4-7(6)18(8)10/h1-4H,5H2,(H,15,19). The Hall–Kier alpha value is -2.03. The molecule has 20 heavy (non-hydrogen) atoms. The Bertz CT molecular complexity index is 839. The number of thioether (sulfide) groups is 1. The maximum absolute atomic E-state index is 12.3. The van der Waals surface area contributed by atoms with Gasteiger partial charge >= 0.3 is 6.18 Å². The van der Waals surface area contributed by atoms with Crippen molar-refractivity contribution in [3.05, 3.63) is 34.6 Å². The van der Waals surface area contributed by atoms with Crippen molar-refractivity contribution in [2.75, 3.05) is 5.75 Å². The highest BCUT2D eigenvalue weighted by Gasteiger charge is 2.28. The molecule has 0 fully saturated rings. The maximum atomic E-state index is 12.3. The fraction of sp³-hybridized carbons (Fsp3) is 0.182. The quantitative estimate of drug-likeness (QED) is 0.737. The van der Waals surface area contributed by atoms with Crippen LogP contribution in [0.2, 0.25) is 0 Å².